The van der Waals surface area contributed by atoms with E-state index in [9.17, 15) is 4.79 Å². The van der Waals surface area contributed by atoms with Crippen LogP contribution < -0.4 is 0 Å². The van der Waals surface area contributed by atoms with Gasteiger partial charge in [0.2, 0.25) is 0 Å². The van der Waals surface area contributed by atoms with Crippen molar-refractivity contribution in [3.63, 3.8) is 0 Å². The summed E-state index contributed by atoms with van der Waals surface area (Å²) in [6, 6.07) is 0. The van der Waals surface area contributed by atoms with Crippen LogP contribution in [0.2, 0.25) is 0 Å². The van der Waals surface area contributed by atoms with Gasteiger partial charge in [-0.25, -0.2) is 0 Å². The molecule has 0 aliphatic rings. The number of nitrogens with zero attached hydrogens (tertiary/aromatic N) is 1. The predicted octanol–water partition coefficient (Wildman–Crippen LogP) is 1.75. The number of aliphatic carboxylic acids is 1. The van der Waals surface area contributed by atoms with Gasteiger partial charge < -0.3 is 10.0 Å². The Labute approximate surface area is 80.0 Å². The number of hydrogen-bond acceptors (Lipinski definition) is 2. The summed E-state index contributed by atoms with van der Waals surface area (Å²) >= 11 is 0. The topological polar surface area (TPSA) is 40.5 Å². The molecule has 0 aromatic carbocycles. The van der Waals surface area contributed by atoms with Crippen molar-refractivity contribution in [2.24, 2.45) is 0 Å². The molecule has 3 nitrogen and oxygen atoms in total. The second kappa shape index (κ2) is 7.80. The zero-order valence-electron chi connectivity index (χ0n) is 8.33. The summed E-state index contributed by atoms with van der Waals surface area (Å²) in [5, 5.41) is 8.49. The van der Waals surface area contributed by atoms with Gasteiger partial charge in [0.1, 0.15) is 0 Å². The van der Waals surface area contributed by atoms with Crippen LogP contribution in [-0.2, 0) is 4.79 Å². The summed E-state index contributed by atoms with van der Waals surface area (Å²) in [4.78, 5) is 12.5. The second-order valence-corrected chi connectivity index (χ2v) is 3.01. The average molecular weight is 185 g/mol. The van der Waals surface area contributed by atoms with E-state index in [0.717, 1.165) is 25.9 Å². The molecule has 0 fully saturated rings. The Hall–Kier alpha value is -0.830. The molecule has 0 saturated carbocycles. The van der Waals surface area contributed by atoms with E-state index in [4.69, 9.17) is 5.11 Å². The zero-order chi connectivity index (χ0) is 10.1. The van der Waals surface area contributed by atoms with E-state index in [2.05, 4.69) is 18.4 Å². The van der Waals surface area contributed by atoms with Crippen LogP contribution in [0.4, 0.5) is 0 Å². The Balaban J connectivity index is 3.50. The molecule has 3 heteroatoms. The van der Waals surface area contributed by atoms with Gasteiger partial charge in [0.15, 0.2) is 0 Å². The molecular weight excluding hydrogens is 166 g/mol. The van der Waals surface area contributed by atoms with Crippen molar-refractivity contribution in [3.8, 4) is 0 Å². The molecule has 76 valence electrons. The molecule has 13 heavy (non-hydrogen) atoms. The Bertz CT molecular complexity index is 157. The van der Waals surface area contributed by atoms with Crippen molar-refractivity contribution in [1.82, 2.24) is 4.90 Å². The SMILES string of the molecule is C=CCCCN(CC)CCC(=O)O. The summed E-state index contributed by atoms with van der Waals surface area (Å²) in [5.41, 5.74) is 0. The maximum absolute atomic E-state index is 10.3. The molecule has 1 N–H and O–H groups in total. The van der Waals surface area contributed by atoms with E-state index in [1.807, 2.05) is 6.08 Å². The third-order valence-electron chi connectivity index (χ3n) is 1.97. The fourth-order valence-corrected chi connectivity index (χ4v) is 1.14. The first-order chi connectivity index (χ1) is 6.20. The molecule has 0 amide bonds. The number of carbonyl (C=O) groups is 1. The second-order valence-electron chi connectivity index (χ2n) is 3.01. The van der Waals surface area contributed by atoms with E-state index in [1.54, 1.807) is 0 Å². The molecule has 0 aromatic rings. The first-order valence-electron chi connectivity index (χ1n) is 4.75. The van der Waals surface area contributed by atoms with Crippen molar-refractivity contribution in [2.75, 3.05) is 19.6 Å². The van der Waals surface area contributed by atoms with E-state index in [1.165, 1.54) is 0 Å². The Kier molecular flexibility index (Phi) is 7.30. The lowest BCUT2D eigenvalue weighted by atomic mass is 10.2. The first-order valence-corrected chi connectivity index (χ1v) is 4.75. The fraction of sp³-hybridized carbons (Fsp3) is 0.700. The van der Waals surface area contributed by atoms with Crippen molar-refractivity contribution >= 4 is 5.97 Å². The lowest BCUT2D eigenvalue weighted by Crippen LogP contribution is -2.27. The molecule has 0 bridgehead atoms. The summed E-state index contributed by atoms with van der Waals surface area (Å²) in [7, 11) is 0. The first kappa shape index (κ1) is 12.2. The summed E-state index contributed by atoms with van der Waals surface area (Å²) < 4.78 is 0. The quantitative estimate of drug-likeness (QED) is 0.462. The summed E-state index contributed by atoms with van der Waals surface area (Å²) in [5.74, 6) is -0.720. The normalized spacial score (nSPS) is 10.3. The van der Waals surface area contributed by atoms with E-state index in [-0.39, 0.29) is 6.42 Å². The standard InChI is InChI=1S/C10H19NO2/c1-3-5-6-8-11(4-2)9-7-10(12)13/h3H,1,4-9H2,2H3,(H,12,13). The molecule has 0 heterocycles. The van der Waals surface area contributed by atoms with Crippen LogP contribution in [0.1, 0.15) is 26.2 Å². The number of hydrogen-bond donors (Lipinski definition) is 1. The number of rotatable bonds is 8. The van der Waals surface area contributed by atoms with Gasteiger partial charge in [-0.15, -0.1) is 6.58 Å². The summed E-state index contributed by atoms with van der Waals surface area (Å²) in [6.07, 6.45) is 4.20. The van der Waals surface area contributed by atoms with Crippen LogP contribution in [0.25, 0.3) is 0 Å². The molecule has 0 atom stereocenters. The maximum atomic E-state index is 10.3. The molecule has 0 saturated heterocycles. The van der Waals surface area contributed by atoms with Gasteiger partial charge in [0, 0.05) is 6.54 Å². The number of carboxylic acids is 1. The molecular formula is C10H19NO2. The molecule has 0 unspecified atom stereocenters. The van der Waals surface area contributed by atoms with Crippen LogP contribution in [0, 0.1) is 0 Å². The molecule has 0 spiro atoms. The largest absolute Gasteiger partial charge is 0.481 e. The number of allylic oxidation sites excluding steroid dienone is 1. The van der Waals surface area contributed by atoms with Crippen LogP contribution in [0.3, 0.4) is 0 Å². The maximum Gasteiger partial charge on any atom is 0.304 e. The molecule has 0 aliphatic heterocycles. The van der Waals surface area contributed by atoms with Gasteiger partial charge in [0.25, 0.3) is 0 Å². The Morgan fingerprint density at radius 3 is 2.69 bits per heavy atom. The van der Waals surface area contributed by atoms with Crippen molar-refractivity contribution < 1.29 is 9.90 Å². The van der Waals surface area contributed by atoms with Crippen LogP contribution >= 0.6 is 0 Å². The summed E-state index contributed by atoms with van der Waals surface area (Å²) in [6.45, 7) is 8.24. The zero-order valence-corrected chi connectivity index (χ0v) is 8.33. The van der Waals surface area contributed by atoms with Crippen LogP contribution in [0.15, 0.2) is 12.7 Å². The average Bonchev–Trinajstić information content (AvgIpc) is 2.10. The number of unbranched alkanes of at least 4 members (excludes halogenated alkanes) is 1. The van der Waals surface area contributed by atoms with Gasteiger partial charge in [-0.1, -0.05) is 13.0 Å². The van der Waals surface area contributed by atoms with Crippen molar-refractivity contribution in [2.45, 2.75) is 26.2 Å². The van der Waals surface area contributed by atoms with E-state index < -0.39 is 5.97 Å². The highest BCUT2D eigenvalue weighted by atomic mass is 16.4. The molecule has 0 aliphatic carbocycles. The highest BCUT2D eigenvalue weighted by Crippen LogP contribution is 1.97. The molecule has 0 rings (SSSR count). The lowest BCUT2D eigenvalue weighted by molar-refractivity contribution is -0.137. The van der Waals surface area contributed by atoms with Crippen molar-refractivity contribution in [1.29, 1.82) is 0 Å². The van der Waals surface area contributed by atoms with Gasteiger partial charge in [0.05, 0.1) is 6.42 Å². The highest BCUT2D eigenvalue weighted by Gasteiger charge is 2.03. The highest BCUT2D eigenvalue weighted by molar-refractivity contribution is 5.66. The minimum absolute atomic E-state index is 0.238. The third-order valence-corrected chi connectivity index (χ3v) is 1.97. The van der Waals surface area contributed by atoms with E-state index >= 15 is 0 Å². The van der Waals surface area contributed by atoms with Crippen molar-refractivity contribution in [3.05, 3.63) is 12.7 Å². The number of carboxylic acid groups (broad SMARTS) is 1. The van der Waals surface area contributed by atoms with Crippen LogP contribution in [-0.4, -0.2) is 35.6 Å². The van der Waals surface area contributed by atoms with Gasteiger partial charge >= 0.3 is 5.97 Å². The van der Waals surface area contributed by atoms with Gasteiger partial charge in [-0.2, -0.15) is 0 Å². The predicted molar refractivity (Wildman–Crippen MR) is 53.8 cm³/mol. The Morgan fingerprint density at radius 2 is 2.23 bits per heavy atom. The van der Waals surface area contributed by atoms with Crippen LogP contribution in [0.5, 0.6) is 0 Å². The van der Waals surface area contributed by atoms with Gasteiger partial charge in [-0.05, 0) is 25.9 Å². The third kappa shape index (κ3) is 7.53. The smallest absolute Gasteiger partial charge is 0.304 e. The monoisotopic (exact) mass is 185 g/mol. The fourth-order valence-electron chi connectivity index (χ4n) is 1.14. The molecule has 0 aromatic heterocycles. The lowest BCUT2D eigenvalue weighted by Gasteiger charge is -2.18. The Morgan fingerprint density at radius 1 is 1.54 bits per heavy atom. The minimum atomic E-state index is -0.720. The minimum Gasteiger partial charge on any atom is -0.481 e. The van der Waals surface area contributed by atoms with E-state index in [0.29, 0.717) is 6.54 Å². The molecule has 0 radical (unpaired) electrons. The van der Waals surface area contributed by atoms with Gasteiger partial charge in [-0.3, -0.25) is 4.79 Å².